The van der Waals surface area contributed by atoms with Gasteiger partial charge < -0.3 is 10.4 Å². The molecule has 1 aromatic rings. The number of aromatic carboxylic acids is 1. The summed E-state index contributed by atoms with van der Waals surface area (Å²) >= 11 is 0. The number of carbonyl (C=O) groups excluding carboxylic acids is 2. The zero-order chi connectivity index (χ0) is 12.4. The second kappa shape index (κ2) is 4.25. The van der Waals surface area contributed by atoms with Gasteiger partial charge in [-0.05, 0) is 17.7 Å². The quantitative estimate of drug-likeness (QED) is 0.648. The minimum Gasteiger partial charge on any atom is -0.478 e. The lowest BCUT2D eigenvalue weighted by molar-refractivity contribution is -0.120. The molecule has 0 radical (unpaired) electrons. The van der Waals surface area contributed by atoms with E-state index in [2.05, 4.69) is 10.6 Å². The molecule has 2 rings (SSSR count). The van der Waals surface area contributed by atoms with Gasteiger partial charge in [-0.1, -0.05) is 12.1 Å². The molecule has 1 aromatic carbocycles. The van der Waals surface area contributed by atoms with E-state index in [1.807, 2.05) is 0 Å². The first-order valence-electron chi connectivity index (χ1n) is 5.00. The highest BCUT2D eigenvalue weighted by molar-refractivity contribution is 6.04. The maximum Gasteiger partial charge on any atom is 0.335 e. The van der Waals surface area contributed by atoms with Gasteiger partial charge in [-0.15, -0.1) is 0 Å². The highest BCUT2D eigenvalue weighted by atomic mass is 16.4. The number of imide groups is 1. The summed E-state index contributed by atoms with van der Waals surface area (Å²) in [5.41, 5.74) is 0.978. The Hall–Kier alpha value is -2.37. The van der Waals surface area contributed by atoms with Crippen LogP contribution in [0.5, 0.6) is 0 Å². The average molecular weight is 234 g/mol. The second-order valence-electron chi connectivity index (χ2n) is 3.72. The third-order valence-corrected chi connectivity index (χ3v) is 2.50. The number of benzene rings is 1. The van der Waals surface area contributed by atoms with Crippen molar-refractivity contribution in [2.75, 3.05) is 0 Å². The molecule has 0 spiro atoms. The highest BCUT2D eigenvalue weighted by Crippen LogP contribution is 2.08. The summed E-state index contributed by atoms with van der Waals surface area (Å²) < 4.78 is 0. The van der Waals surface area contributed by atoms with E-state index in [4.69, 9.17) is 5.11 Å². The summed E-state index contributed by atoms with van der Waals surface area (Å²) in [4.78, 5) is 32.8. The lowest BCUT2D eigenvalue weighted by Gasteiger charge is -2.07. The lowest BCUT2D eigenvalue weighted by atomic mass is 10.0. The van der Waals surface area contributed by atoms with Crippen LogP contribution in [0.15, 0.2) is 24.3 Å². The van der Waals surface area contributed by atoms with Crippen molar-refractivity contribution < 1.29 is 19.5 Å². The van der Waals surface area contributed by atoms with E-state index in [9.17, 15) is 14.4 Å². The van der Waals surface area contributed by atoms with Crippen molar-refractivity contribution in [1.82, 2.24) is 10.6 Å². The number of nitrogens with one attached hydrogen (secondary N) is 2. The van der Waals surface area contributed by atoms with Gasteiger partial charge in [0.25, 0.3) is 5.91 Å². The lowest BCUT2D eigenvalue weighted by Crippen LogP contribution is -2.31. The number of urea groups is 1. The van der Waals surface area contributed by atoms with Crippen LogP contribution in [0.2, 0.25) is 0 Å². The standard InChI is InChI=1S/C11H10N2O4/c14-9-8(12-11(17)13-9)5-6-1-3-7(4-2-6)10(15)16/h1-4,8H,5H2,(H,15,16)(H2,12,13,14,17). The van der Waals surface area contributed by atoms with Gasteiger partial charge in [0.15, 0.2) is 0 Å². The molecule has 0 saturated carbocycles. The first kappa shape index (κ1) is 11.1. The van der Waals surface area contributed by atoms with Crippen LogP contribution in [0.3, 0.4) is 0 Å². The molecule has 1 aliphatic heterocycles. The van der Waals surface area contributed by atoms with Crippen molar-refractivity contribution in [3.05, 3.63) is 35.4 Å². The number of carbonyl (C=O) groups is 3. The number of hydrogen-bond donors (Lipinski definition) is 3. The van der Waals surface area contributed by atoms with Crippen molar-refractivity contribution in [3.8, 4) is 0 Å². The van der Waals surface area contributed by atoms with Crippen molar-refractivity contribution in [3.63, 3.8) is 0 Å². The fourth-order valence-corrected chi connectivity index (χ4v) is 1.62. The predicted octanol–water partition coefficient (Wildman–Crippen LogP) is 0.135. The smallest absolute Gasteiger partial charge is 0.335 e. The van der Waals surface area contributed by atoms with E-state index in [0.29, 0.717) is 6.42 Å². The Labute approximate surface area is 96.6 Å². The summed E-state index contributed by atoms with van der Waals surface area (Å²) in [5, 5.41) is 13.3. The molecule has 1 fully saturated rings. The van der Waals surface area contributed by atoms with E-state index in [1.165, 1.54) is 12.1 Å². The summed E-state index contributed by atoms with van der Waals surface area (Å²) in [7, 11) is 0. The van der Waals surface area contributed by atoms with Gasteiger partial charge in [-0.25, -0.2) is 9.59 Å². The molecule has 6 heteroatoms. The molecule has 1 atom stereocenters. The molecule has 6 nitrogen and oxygen atoms in total. The Morgan fingerprint density at radius 1 is 1.24 bits per heavy atom. The van der Waals surface area contributed by atoms with E-state index in [-0.39, 0.29) is 11.5 Å². The summed E-state index contributed by atoms with van der Waals surface area (Å²) in [6.45, 7) is 0. The number of carboxylic acids is 1. The first-order valence-corrected chi connectivity index (χ1v) is 5.00. The molecule has 3 N–H and O–H groups in total. The van der Waals surface area contributed by atoms with Gasteiger partial charge in [-0.2, -0.15) is 0 Å². The third-order valence-electron chi connectivity index (χ3n) is 2.50. The zero-order valence-corrected chi connectivity index (χ0v) is 8.77. The molecule has 0 aromatic heterocycles. The van der Waals surface area contributed by atoms with Crippen LogP contribution in [-0.2, 0) is 11.2 Å². The minimum atomic E-state index is -0.997. The summed E-state index contributed by atoms with van der Waals surface area (Å²) in [5.74, 6) is -1.36. The molecular weight excluding hydrogens is 224 g/mol. The van der Waals surface area contributed by atoms with Gasteiger partial charge in [0.2, 0.25) is 0 Å². The van der Waals surface area contributed by atoms with E-state index >= 15 is 0 Å². The number of carboxylic acid groups (broad SMARTS) is 1. The van der Waals surface area contributed by atoms with Crippen molar-refractivity contribution >= 4 is 17.9 Å². The monoisotopic (exact) mass is 234 g/mol. The normalized spacial score (nSPS) is 18.7. The molecule has 1 saturated heterocycles. The third kappa shape index (κ3) is 2.41. The van der Waals surface area contributed by atoms with E-state index < -0.39 is 18.0 Å². The van der Waals surface area contributed by atoms with E-state index in [0.717, 1.165) is 5.56 Å². The van der Waals surface area contributed by atoms with Crippen LogP contribution in [0, 0.1) is 0 Å². The van der Waals surface area contributed by atoms with Crippen molar-refractivity contribution in [2.45, 2.75) is 12.5 Å². The van der Waals surface area contributed by atoms with E-state index in [1.54, 1.807) is 12.1 Å². The summed E-state index contributed by atoms with van der Waals surface area (Å²) in [6.07, 6.45) is 0.345. The Morgan fingerprint density at radius 2 is 1.88 bits per heavy atom. The van der Waals surface area contributed by atoms with Crippen molar-refractivity contribution in [2.24, 2.45) is 0 Å². The zero-order valence-electron chi connectivity index (χ0n) is 8.77. The van der Waals surface area contributed by atoms with Crippen LogP contribution in [0.25, 0.3) is 0 Å². The van der Waals surface area contributed by atoms with Gasteiger partial charge in [0.1, 0.15) is 6.04 Å². The molecule has 3 amide bonds. The molecule has 1 heterocycles. The van der Waals surface area contributed by atoms with Gasteiger partial charge in [0, 0.05) is 6.42 Å². The Morgan fingerprint density at radius 3 is 2.35 bits per heavy atom. The molecular formula is C11H10N2O4. The maximum atomic E-state index is 11.3. The topological polar surface area (TPSA) is 95.5 Å². The van der Waals surface area contributed by atoms with Crippen LogP contribution in [0.1, 0.15) is 15.9 Å². The first-order chi connectivity index (χ1) is 8.06. The molecule has 0 bridgehead atoms. The minimum absolute atomic E-state index is 0.189. The molecule has 88 valence electrons. The second-order valence-corrected chi connectivity index (χ2v) is 3.72. The fraction of sp³-hybridized carbons (Fsp3) is 0.182. The summed E-state index contributed by atoms with van der Waals surface area (Å²) in [6, 6.07) is 5.10. The van der Waals surface area contributed by atoms with Crippen LogP contribution >= 0.6 is 0 Å². The Balaban J connectivity index is 2.07. The Bertz CT molecular complexity index is 481. The Kier molecular flexibility index (Phi) is 2.78. The molecule has 0 aliphatic carbocycles. The van der Waals surface area contributed by atoms with Gasteiger partial charge in [-0.3, -0.25) is 10.1 Å². The SMILES string of the molecule is O=C1NC(=O)C(Cc2ccc(C(=O)O)cc2)N1. The predicted molar refractivity (Wildman–Crippen MR) is 57.6 cm³/mol. The maximum absolute atomic E-state index is 11.3. The molecule has 17 heavy (non-hydrogen) atoms. The fourth-order valence-electron chi connectivity index (χ4n) is 1.62. The molecule has 1 aliphatic rings. The average Bonchev–Trinajstić information content (AvgIpc) is 2.58. The van der Waals surface area contributed by atoms with Crippen LogP contribution in [0.4, 0.5) is 4.79 Å². The number of rotatable bonds is 3. The number of amides is 3. The highest BCUT2D eigenvalue weighted by Gasteiger charge is 2.29. The van der Waals surface area contributed by atoms with Crippen LogP contribution in [-0.4, -0.2) is 29.1 Å². The van der Waals surface area contributed by atoms with Gasteiger partial charge in [0.05, 0.1) is 5.56 Å². The largest absolute Gasteiger partial charge is 0.478 e. The molecule has 1 unspecified atom stereocenters. The van der Waals surface area contributed by atoms with Crippen molar-refractivity contribution in [1.29, 1.82) is 0 Å². The number of hydrogen-bond acceptors (Lipinski definition) is 3. The van der Waals surface area contributed by atoms with Gasteiger partial charge >= 0.3 is 12.0 Å². The van der Waals surface area contributed by atoms with Crippen LogP contribution < -0.4 is 10.6 Å².